The van der Waals surface area contributed by atoms with Crippen LogP contribution in [0.2, 0.25) is 5.02 Å². The van der Waals surface area contributed by atoms with Crippen molar-refractivity contribution in [1.29, 1.82) is 0 Å². The van der Waals surface area contributed by atoms with Crippen LogP contribution in [0, 0.1) is 0 Å². The lowest BCUT2D eigenvalue weighted by Crippen LogP contribution is -2.16. The number of hydrogen-bond donors (Lipinski definition) is 2. The molecule has 0 bridgehead atoms. The Bertz CT molecular complexity index is 698. The van der Waals surface area contributed by atoms with E-state index in [9.17, 15) is 8.42 Å². The molecule has 0 saturated heterocycles. The molecule has 0 saturated carbocycles. The maximum absolute atomic E-state index is 12.1. The van der Waals surface area contributed by atoms with Gasteiger partial charge < -0.3 is 5.73 Å². The van der Waals surface area contributed by atoms with Gasteiger partial charge in [-0.3, -0.25) is 0 Å². The number of nitrogens with zero attached hydrogens (tertiary/aromatic N) is 3. The second-order valence-electron chi connectivity index (χ2n) is 3.77. The van der Waals surface area contributed by atoms with Crippen LogP contribution < -0.4 is 10.5 Å². The van der Waals surface area contributed by atoms with Crippen molar-refractivity contribution in [2.24, 2.45) is 12.8 Å². The Hall–Kier alpha value is -1.64. The van der Waals surface area contributed by atoms with E-state index in [1.807, 2.05) is 0 Å². The van der Waals surface area contributed by atoms with Crippen LogP contribution in [0.4, 0.5) is 5.95 Å². The summed E-state index contributed by atoms with van der Waals surface area (Å²) in [5, 5.41) is 4.08. The molecule has 0 amide bonds. The summed E-state index contributed by atoms with van der Waals surface area (Å²) in [6.07, 6.45) is 1.25. The number of anilines is 1. The molecule has 1 aromatic heterocycles. The molecule has 2 rings (SSSR count). The highest BCUT2D eigenvalue weighted by Crippen LogP contribution is 2.21. The zero-order valence-electron chi connectivity index (χ0n) is 10.0. The van der Waals surface area contributed by atoms with Crippen LogP contribution in [-0.4, -0.2) is 23.2 Å². The molecule has 7 nitrogen and oxygen atoms in total. The maximum Gasteiger partial charge on any atom is 0.264 e. The lowest BCUT2D eigenvalue weighted by Gasteiger charge is -2.08. The predicted molar refractivity (Wildman–Crippen MR) is 71.2 cm³/mol. The molecule has 19 heavy (non-hydrogen) atoms. The van der Waals surface area contributed by atoms with E-state index in [-0.39, 0.29) is 17.4 Å². The number of nitrogens with two attached hydrogens (primary N) is 1. The Balaban J connectivity index is 2.35. The van der Waals surface area contributed by atoms with Crippen LogP contribution in [-0.2, 0) is 23.6 Å². The van der Waals surface area contributed by atoms with Crippen LogP contribution in [0.1, 0.15) is 5.56 Å². The lowest BCUT2D eigenvalue weighted by molar-refractivity contribution is 0.600. The monoisotopic (exact) mass is 301 g/mol. The summed E-state index contributed by atoms with van der Waals surface area (Å²) in [4.78, 5) is 3.83. The van der Waals surface area contributed by atoms with Crippen molar-refractivity contribution in [1.82, 2.24) is 14.8 Å². The van der Waals surface area contributed by atoms with E-state index in [1.165, 1.54) is 23.1 Å². The van der Waals surface area contributed by atoms with Gasteiger partial charge in [0.05, 0.1) is 4.90 Å². The first-order valence-electron chi connectivity index (χ1n) is 5.29. The van der Waals surface area contributed by atoms with Gasteiger partial charge >= 0.3 is 0 Å². The zero-order chi connectivity index (χ0) is 14.0. The highest BCUT2D eigenvalue weighted by Gasteiger charge is 2.17. The maximum atomic E-state index is 12.1. The Labute approximate surface area is 115 Å². The van der Waals surface area contributed by atoms with Crippen LogP contribution >= 0.6 is 11.6 Å². The van der Waals surface area contributed by atoms with Gasteiger partial charge in [0.15, 0.2) is 0 Å². The van der Waals surface area contributed by atoms with Crippen molar-refractivity contribution in [2.75, 3.05) is 4.72 Å². The highest BCUT2D eigenvalue weighted by molar-refractivity contribution is 7.92. The summed E-state index contributed by atoms with van der Waals surface area (Å²) in [7, 11) is -2.17. The van der Waals surface area contributed by atoms with Gasteiger partial charge in [0.2, 0.25) is 5.95 Å². The second kappa shape index (κ2) is 5.16. The molecule has 102 valence electrons. The Kier molecular flexibility index (Phi) is 3.74. The fourth-order valence-electron chi connectivity index (χ4n) is 1.43. The van der Waals surface area contributed by atoms with Gasteiger partial charge in [-0.15, -0.1) is 0 Å². The van der Waals surface area contributed by atoms with Gasteiger partial charge in [0.1, 0.15) is 6.33 Å². The third kappa shape index (κ3) is 2.86. The molecule has 2 aromatic rings. The van der Waals surface area contributed by atoms with E-state index in [0.29, 0.717) is 10.6 Å². The third-order valence-electron chi connectivity index (χ3n) is 2.49. The van der Waals surface area contributed by atoms with Crippen molar-refractivity contribution < 1.29 is 8.42 Å². The minimum atomic E-state index is -3.75. The topological polar surface area (TPSA) is 103 Å². The second-order valence-corrected chi connectivity index (χ2v) is 5.86. The van der Waals surface area contributed by atoms with Crippen LogP contribution in [0.5, 0.6) is 0 Å². The normalized spacial score (nSPS) is 11.5. The van der Waals surface area contributed by atoms with Crippen molar-refractivity contribution in [3.8, 4) is 0 Å². The molecular weight excluding hydrogens is 290 g/mol. The molecule has 0 aliphatic rings. The molecule has 0 spiro atoms. The Morgan fingerprint density at radius 1 is 1.47 bits per heavy atom. The fraction of sp³-hybridized carbons (Fsp3) is 0.200. The minimum absolute atomic E-state index is 0.0395. The molecule has 0 aliphatic heterocycles. The number of aromatic nitrogens is 3. The smallest absolute Gasteiger partial charge is 0.264 e. The molecule has 0 fully saturated rings. The fourth-order valence-corrected chi connectivity index (χ4v) is 2.81. The van der Waals surface area contributed by atoms with Crippen LogP contribution in [0.25, 0.3) is 0 Å². The molecule has 0 radical (unpaired) electrons. The van der Waals surface area contributed by atoms with Crippen molar-refractivity contribution in [2.45, 2.75) is 11.4 Å². The minimum Gasteiger partial charge on any atom is -0.326 e. The van der Waals surface area contributed by atoms with E-state index in [2.05, 4.69) is 14.8 Å². The number of rotatable bonds is 4. The summed E-state index contributed by atoms with van der Waals surface area (Å²) >= 11 is 5.94. The summed E-state index contributed by atoms with van der Waals surface area (Å²) < 4.78 is 27.9. The van der Waals surface area contributed by atoms with E-state index in [1.54, 1.807) is 13.1 Å². The van der Waals surface area contributed by atoms with Crippen LogP contribution in [0.3, 0.4) is 0 Å². The summed E-state index contributed by atoms with van der Waals surface area (Å²) in [5.41, 5.74) is 6.15. The molecule has 3 N–H and O–H groups in total. The van der Waals surface area contributed by atoms with Gasteiger partial charge in [-0.1, -0.05) is 17.7 Å². The van der Waals surface area contributed by atoms with E-state index in [4.69, 9.17) is 17.3 Å². The molecule has 0 aliphatic carbocycles. The van der Waals surface area contributed by atoms with Gasteiger partial charge in [-0.25, -0.2) is 17.8 Å². The van der Waals surface area contributed by atoms with Crippen molar-refractivity contribution in [3.05, 3.63) is 35.1 Å². The van der Waals surface area contributed by atoms with Crippen LogP contribution in [0.15, 0.2) is 29.4 Å². The predicted octanol–water partition coefficient (Wildman–Crippen LogP) is 0.728. The lowest BCUT2D eigenvalue weighted by atomic mass is 10.2. The SMILES string of the molecule is Cn1ncnc1NS(=O)(=O)c1ccc(CN)c(Cl)c1. The molecule has 0 atom stereocenters. The van der Waals surface area contributed by atoms with Crippen molar-refractivity contribution >= 4 is 27.6 Å². The number of hydrogen-bond acceptors (Lipinski definition) is 5. The number of sulfonamides is 1. The first-order chi connectivity index (χ1) is 8.94. The number of halogens is 1. The van der Waals surface area contributed by atoms with Gasteiger partial charge in [-0.2, -0.15) is 10.1 Å². The Morgan fingerprint density at radius 3 is 2.74 bits per heavy atom. The molecule has 1 heterocycles. The Morgan fingerprint density at radius 2 is 2.21 bits per heavy atom. The summed E-state index contributed by atoms with van der Waals surface area (Å²) in [6, 6.07) is 4.36. The molecule has 1 aromatic carbocycles. The number of nitrogens with one attached hydrogen (secondary N) is 1. The molecule has 9 heteroatoms. The average Bonchev–Trinajstić information content (AvgIpc) is 2.74. The zero-order valence-corrected chi connectivity index (χ0v) is 11.6. The average molecular weight is 302 g/mol. The standard InChI is InChI=1S/C10H12ClN5O2S/c1-16-10(13-6-14-16)15-19(17,18)8-3-2-7(5-12)9(11)4-8/h2-4,6H,5,12H2,1H3,(H,13,14,15). The van der Waals surface area contributed by atoms with E-state index < -0.39 is 10.0 Å². The third-order valence-corrected chi connectivity index (χ3v) is 4.17. The van der Waals surface area contributed by atoms with E-state index >= 15 is 0 Å². The molecule has 0 unspecified atom stereocenters. The molecular formula is C10H12ClN5O2S. The number of benzene rings is 1. The van der Waals surface area contributed by atoms with E-state index in [0.717, 1.165) is 0 Å². The number of aryl methyl sites for hydroxylation is 1. The first-order valence-corrected chi connectivity index (χ1v) is 7.15. The first kappa shape index (κ1) is 13.8. The summed E-state index contributed by atoms with van der Waals surface area (Å²) in [5.74, 6) is 0.124. The van der Waals surface area contributed by atoms with Gasteiger partial charge in [0.25, 0.3) is 10.0 Å². The quantitative estimate of drug-likeness (QED) is 0.866. The van der Waals surface area contributed by atoms with Gasteiger partial charge in [-0.05, 0) is 17.7 Å². The van der Waals surface area contributed by atoms with Gasteiger partial charge in [0, 0.05) is 18.6 Å². The van der Waals surface area contributed by atoms with Crippen molar-refractivity contribution in [3.63, 3.8) is 0 Å². The highest BCUT2D eigenvalue weighted by atomic mass is 35.5. The largest absolute Gasteiger partial charge is 0.326 e. The summed E-state index contributed by atoms with van der Waals surface area (Å²) in [6.45, 7) is 0.246.